The fraction of sp³-hybridized carbons (Fsp3) is 0. The van der Waals surface area contributed by atoms with Crippen molar-refractivity contribution in [1.82, 2.24) is 4.98 Å². The van der Waals surface area contributed by atoms with Crippen molar-refractivity contribution < 1.29 is 5.11 Å². The van der Waals surface area contributed by atoms with Crippen molar-refractivity contribution in [2.75, 3.05) is 0 Å². The number of allylic oxidation sites excluding steroid dienone is 1. The van der Waals surface area contributed by atoms with Gasteiger partial charge in [0.1, 0.15) is 0 Å². The van der Waals surface area contributed by atoms with Crippen molar-refractivity contribution in [3.63, 3.8) is 0 Å². The molecular weight excluding hydrogens is 332 g/mol. The standard InChI is InChI=1S/C12H7BrN2OS2/c13-7-1-2-9-8(4-7)6(5-14-9)3-10-11(16)15-12(17)18-10/h1-5,16H,(H,15,17)/b6-3+. The molecule has 3 rings (SSSR count). The molecular formula is C12H7BrN2OS2. The number of thiazole rings is 1. The van der Waals surface area contributed by atoms with E-state index in [1.165, 1.54) is 11.3 Å². The molecule has 2 aromatic rings. The van der Waals surface area contributed by atoms with Gasteiger partial charge in [-0.2, -0.15) is 0 Å². The van der Waals surface area contributed by atoms with Crippen LogP contribution in [-0.4, -0.2) is 16.3 Å². The van der Waals surface area contributed by atoms with Crippen molar-refractivity contribution in [3.8, 4) is 5.88 Å². The fourth-order valence-corrected chi connectivity index (χ4v) is 3.15. The zero-order chi connectivity index (χ0) is 12.7. The number of halogens is 1. The number of nitrogens with zero attached hydrogens (tertiary/aromatic N) is 1. The van der Waals surface area contributed by atoms with E-state index in [9.17, 15) is 5.11 Å². The Morgan fingerprint density at radius 1 is 1.44 bits per heavy atom. The second-order valence-electron chi connectivity index (χ2n) is 3.75. The molecule has 0 amide bonds. The number of aromatic nitrogens is 1. The minimum atomic E-state index is 0.106. The maximum Gasteiger partial charge on any atom is 0.207 e. The second kappa shape index (κ2) is 4.46. The smallest absolute Gasteiger partial charge is 0.207 e. The molecule has 90 valence electrons. The van der Waals surface area contributed by atoms with Crippen LogP contribution in [0.2, 0.25) is 0 Å². The average Bonchev–Trinajstić information content (AvgIpc) is 2.84. The molecule has 0 aliphatic carbocycles. The van der Waals surface area contributed by atoms with Gasteiger partial charge < -0.3 is 10.1 Å². The molecule has 0 unspecified atom stereocenters. The molecule has 0 radical (unpaired) electrons. The van der Waals surface area contributed by atoms with Crippen LogP contribution < -0.4 is 0 Å². The first-order chi connectivity index (χ1) is 8.63. The molecule has 1 aromatic heterocycles. The lowest BCUT2D eigenvalue weighted by atomic mass is 10.1. The maximum absolute atomic E-state index is 9.68. The Balaban J connectivity index is 2.11. The van der Waals surface area contributed by atoms with E-state index in [4.69, 9.17) is 12.2 Å². The van der Waals surface area contributed by atoms with Crippen LogP contribution in [0.25, 0.3) is 11.6 Å². The third-order valence-electron chi connectivity index (χ3n) is 2.56. The van der Waals surface area contributed by atoms with Gasteiger partial charge in [-0.05, 0) is 36.5 Å². The number of aliphatic imine (C=N–C) groups is 1. The quantitative estimate of drug-likeness (QED) is 0.750. The molecule has 18 heavy (non-hydrogen) atoms. The number of fused-ring (bicyclic) bond motifs is 1. The molecule has 1 aliphatic rings. The van der Waals surface area contributed by atoms with Gasteiger partial charge in [0.15, 0.2) is 3.95 Å². The number of hydrogen-bond acceptors (Lipinski definition) is 4. The summed E-state index contributed by atoms with van der Waals surface area (Å²) in [6.07, 6.45) is 3.67. The molecule has 0 spiro atoms. The van der Waals surface area contributed by atoms with E-state index in [2.05, 4.69) is 25.9 Å². The molecule has 0 fully saturated rings. The highest BCUT2D eigenvalue weighted by atomic mass is 79.9. The summed E-state index contributed by atoms with van der Waals surface area (Å²) < 4.78 is 1.56. The lowest BCUT2D eigenvalue weighted by Crippen LogP contribution is -1.80. The Kier molecular flexibility index (Phi) is 2.93. The van der Waals surface area contributed by atoms with Crippen LogP contribution in [0.3, 0.4) is 0 Å². The summed E-state index contributed by atoms with van der Waals surface area (Å²) in [6, 6.07) is 5.92. The van der Waals surface area contributed by atoms with Crippen LogP contribution in [0.5, 0.6) is 5.88 Å². The first kappa shape index (κ1) is 11.8. The molecule has 0 saturated carbocycles. The molecule has 3 nitrogen and oxygen atoms in total. The van der Waals surface area contributed by atoms with E-state index >= 15 is 0 Å². The molecule has 0 atom stereocenters. The minimum Gasteiger partial charge on any atom is -0.494 e. The van der Waals surface area contributed by atoms with Crippen LogP contribution in [-0.2, 0) is 0 Å². The lowest BCUT2D eigenvalue weighted by molar-refractivity contribution is 0.456. The van der Waals surface area contributed by atoms with E-state index in [0.717, 1.165) is 21.3 Å². The van der Waals surface area contributed by atoms with Crippen LogP contribution >= 0.6 is 39.5 Å². The summed E-state index contributed by atoms with van der Waals surface area (Å²) in [7, 11) is 0. The number of rotatable bonds is 1. The predicted octanol–water partition coefficient (Wildman–Crippen LogP) is 4.53. The van der Waals surface area contributed by atoms with E-state index in [1.807, 2.05) is 24.3 Å². The van der Waals surface area contributed by atoms with Crippen LogP contribution in [0.1, 0.15) is 10.4 Å². The van der Waals surface area contributed by atoms with E-state index < -0.39 is 0 Å². The van der Waals surface area contributed by atoms with Gasteiger partial charge in [-0.15, -0.1) is 11.3 Å². The molecule has 0 bridgehead atoms. The van der Waals surface area contributed by atoms with Crippen molar-refractivity contribution >= 4 is 63.0 Å². The summed E-state index contributed by atoms with van der Waals surface area (Å²) in [4.78, 5) is 7.75. The van der Waals surface area contributed by atoms with Gasteiger partial charge in [-0.25, -0.2) is 0 Å². The van der Waals surface area contributed by atoms with Crippen LogP contribution in [0.15, 0.2) is 27.7 Å². The summed E-state index contributed by atoms with van der Waals surface area (Å²) >= 11 is 9.78. The van der Waals surface area contributed by atoms with Gasteiger partial charge in [0.25, 0.3) is 0 Å². The summed E-state index contributed by atoms with van der Waals surface area (Å²) in [5.41, 5.74) is 2.94. The summed E-state index contributed by atoms with van der Waals surface area (Å²) in [5, 5.41) is 9.68. The van der Waals surface area contributed by atoms with Gasteiger partial charge in [0.2, 0.25) is 5.88 Å². The lowest BCUT2D eigenvalue weighted by Gasteiger charge is -2.00. The Hall–Kier alpha value is -1.24. The largest absolute Gasteiger partial charge is 0.494 e. The minimum absolute atomic E-state index is 0.106. The van der Waals surface area contributed by atoms with Gasteiger partial charge in [-0.1, -0.05) is 15.9 Å². The van der Waals surface area contributed by atoms with Crippen LogP contribution in [0.4, 0.5) is 5.69 Å². The monoisotopic (exact) mass is 338 g/mol. The first-order valence-electron chi connectivity index (χ1n) is 5.11. The zero-order valence-corrected chi connectivity index (χ0v) is 12.2. The number of H-pyrrole nitrogens is 1. The molecule has 6 heteroatoms. The molecule has 1 aliphatic heterocycles. The van der Waals surface area contributed by atoms with Crippen molar-refractivity contribution in [2.24, 2.45) is 4.99 Å². The molecule has 0 saturated heterocycles. The van der Waals surface area contributed by atoms with E-state index in [0.29, 0.717) is 8.83 Å². The number of nitrogens with one attached hydrogen (secondary N) is 1. The normalized spacial score (nSPS) is 15.3. The van der Waals surface area contributed by atoms with Crippen molar-refractivity contribution in [2.45, 2.75) is 0 Å². The zero-order valence-electron chi connectivity index (χ0n) is 8.98. The number of hydrogen-bond donors (Lipinski definition) is 2. The first-order valence-corrected chi connectivity index (χ1v) is 7.13. The van der Waals surface area contributed by atoms with E-state index in [-0.39, 0.29) is 5.88 Å². The molecule has 2 N–H and O–H groups in total. The Morgan fingerprint density at radius 3 is 3.00 bits per heavy atom. The third kappa shape index (κ3) is 2.07. The summed E-state index contributed by atoms with van der Waals surface area (Å²) in [5.74, 6) is 0.106. The highest BCUT2D eigenvalue weighted by Gasteiger charge is 2.13. The van der Waals surface area contributed by atoms with Crippen LogP contribution in [0, 0.1) is 3.95 Å². The number of benzene rings is 1. The molecule has 2 heterocycles. The van der Waals surface area contributed by atoms with Gasteiger partial charge >= 0.3 is 0 Å². The van der Waals surface area contributed by atoms with Gasteiger partial charge in [0, 0.05) is 21.8 Å². The number of aromatic amines is 1. The average molecular weight is 339 g/mol. The Labute approximate surface area is 121 Å². The number of aromatic hydroxyl groups is 1. The third-order valence-corrected chi connectivity index (χ3v) is 4.22. The van der Waals surface area contributed by atoms with Crippen molar-refractivity contribution in [3.05, 3.63) is 37.1 Å². The topological polar surface area (TPSA) is 48.4 Å². The highest BCUT2D eigenvalue weighted by molar-refractivity contribution is 9.10. The fourth-order valence-electron chi connectivity index (χ4n) is 1.75. The van der Waals surface area contributed by atoms with Gasteiger partial charge in [-0.3, -0.25) is 4.99 Å². The Bertz CT molecular complexity index is 743. The Morgan fingerprint density at radius 2 is 2.28 bits per heavy atom. The highest BCUT2D eigenvalue weighted by Crippen LogP contribution is 2.36. The maximum atomic E-state index is 9.68. The predicted molar refractivity (Wildman–Crippen MR) is 81.3 cm³/mol. The van der Waals surface area contributed by atoms with Crippen molar-refractivity contribution in [1.29, 1.82) is 0 Å². The second-order valence-corrected chi connectivity index (χ2v) is 6.38. The van der Waals surface area contributed by atoms with Gasteiger partial charge in [0.05, 0.1) is 10.6 Å². The van der Waals surface area contributed by atoms with E-state index in [1.54, 1.807) is 6.21 Å². The SMILES string of the molecule is Oc1[nH]c(=S)sc1/C=C1\C=Nc2ccc(Br)cc21. The summed E-state index contributed by atoms with van der Waals surface area (Å²) in [6.45, 7) is 0. The molecule has 1 aromatic carbocycles.